The molecule has 3 nitrogen and oxygen atoms in total. The van der Waals surface area contributed by atoms with E-state index in [9.17, 15) is 8.42 Å². The molecule has 6 heteroatoms. The Balaban J connectivity index is 0.00000128. The minimum absolute atomic E-state index is 0. The summed E-state index contributed by atoms with van der Waals surface area (Å²) in [4.78, 5) is -0.0828. The van der Waals surface area contributed by atoms with E-state index in [1.165, 1.54) is 0 Å². The Labute approximate surface area is 145 Å². The number of hydrogen-bond acceptors (Lipinski definition) is 2. The van der Waals surface area contributed by atoms with Gasteiger partial charge in [0.05, 0.1) is 0 Å². The molecule has 2 aromatic carbocycles. The average molecular weight is 326 g/mol. The molecule has 0 amide bonds. The van der Waals surface area contributed by atoms with Crippen LogP contribution in [-0.2, 0) is 10.1 Å². The van der Waals surface area contributed by atoms with Gasteiger partial charge in [-0.25, -0.2) is 0 Å². The molecule has 1 radical (unpaired) electrons. The molecule has 2 rings (SSSR count). The van der Waals surface area contributed by atoms with Crippen LogP contribution < -0.4 is 0 Å². The molecule has 0 heterocycles. The zero-order valence-electron chi connectivity index (χ0n) is 8.51. The van der Waals surface area contributed by atoms with Gasteiger partial charge in [0, 0.05) is 61.2 Å². The Morgan fingerprint density at radius 2 is 1.69 bits per heavy atom. The van der Waals surface area contributed by atoms with E-state index in [1.807, 2.05) is 6.07 Å². The largest absolute Gasteiger partial charge is 0.296 e. The monoisotopic (exact) mass is 325 g/mol. The van der Waals surface area contributed by atoms with Crippen molar-refractivity contribution in [2.75, 3.05) is 0 Å². The molecule has 1 N–H and O–H groups in total. The molecule has 79 valence electrons. The summed E-state index contributed by atoms with van der Waals surface area (Å²) in [5, 5.41) is 1.28. The van der Waals surface area contributed by atoms with Gasteiger partial charge in [0.1, 0.15) is 4.90 Å². The fraction of sp³-hybridized carbons (Fsp3) is 0. The van der Waals surface area contributed by atoms with Gasteiger partial charge in [0.25, 0.3) is 10.1 Å². The van der Waals surface area contributed by atoms with Crippen molar-refractivity contribution >= 4 is 88.2 Å². The third-order valence-electron chi connectivity index (χ3n) is 2.09. The van der Waals surface area contributed by atoms with Gasteiger partial charge in [-0.1, -0.05) is 30.3 Å². The maximum absolute atomic E-state index is 11.2. The molecule has 0 atom stereocenters. The van der Waals surface area contributed by atoms with Crippen LogP contribution >= 0.6 is 15.9 Å². The molecule has 0 aliphatic rings. The molecule has 0 bridgehead atoms. The summed E-state index contributed by atoms with van der Waals surface area (Å²) in [6.45, 7) is 0. The van der Waals surface area contributed by atoms with E-state index >= 15 is 0 Å². The number of benzene rings is 2. The fourth-order valence-electron chi connectivity index (χ4n) is 1.48. The second kappa shape index (κ2) is 5.58. The van der Waals surface area contributed by atoms with Crippen molar-refractivity contribution in [3.8, 4) is 0 Å². The van der Waals surface area contributed by atoms with E-state index in [0.717, 1.165) is 5.39 Å². The summed E-state index contributed by atoms with van der Waals surface area (Å²) in [7, 11) is -4.21. The van der Waals surface area contributed by atoms with Crippen LogP contribution in [0.3, 0.4) is 0 Å². The number of hydrogen-bond donors (Lipinski definition) is 1. The summed E-state index contributed by atoms with van der Waals surface area (Å²) >= 11 is 3.11. The van der Waals surface area contributed by atoms with E-state index in [4.69, 9.17) is 4.55 Å². The molecule has 0 aliphatic carbocycles. The summed E-state index contributed by atoms with van der Waals surface area (Å²) < 4.78 is 31.9. The van der Waals surface area contributed by atoms with Crippen molar-refractivity contribution in [1.82, 2.24) is 0 Å². The van der Waals surface area contributed by atoms with Crippen molar-refractivity contribution in [2.45, 2.75) is 4.90 Å². The Bertz CT molecular complexity index is 625. The Morgan fingerprint density at radius 1 is 1.06 bits per heavy atom. The van der Waals surface area contributed by atoms with Crippen LogP contribution in [0, 0.1) is 0 Å². The van der Waals surface area contributed by atoms with Gasteiger partial charge in [-0.2, -0.15) is 8.42 Å². The minimum atomic E-state index is -4.21. The predicted molar refractivity (Wildman–Crippen MR) is 67.2 cm³/mol. The number of halogens is 1. The first-order valence-electron chi connectivity index (χ1n) is 4.15. The van der Waals surface area contributed by atoms with Gasteiger partial charge in [-0.3, -0.25) is 4.55 Å². The topological polar surface area (TPSA) is 54.4 Å². The van der Waals surface area contributed by atoms with Crippen LogP contribution in [0.2, 0.25) is 0 Å². The first-order chi connectivity index (χ1) is 7.00. The standard InChI is InChI=1S/C10H7BrO3S.K/c11-9-6-5-7-3-1-2-4-8(7)10(9)15(12,13)14;/h1-6H,(H,12,13,14);. The molecule has 0 unspecified atom stereocenters. The van der Waals surface area contributed by atoms with Crippen molar-refractivity contribution in [3.63, 3.8) is 0 Å². The zero-order chi connectivity index (χ0) is 11.1. The molecule has 0 saturated heterocycles. The first kappa shape index (κ1) is 14.8. The van der Waals surface area contributed by atoms with E-state index in [-0.39, 0.29) is 56.3 Å². The predicted octanol–water partition coefficient (Wildman–Crippen LogP) is 2.47. The van der Waals surface area contributed by atoms with Crippen LogP contribution in [0.5, 0.6) is 0 Å². The van der Waals surface area contributed by atoms with Crippen LogP contribution in [0.4, 0.5) is 0 Å². The normalized spacial score (nSPS) is 11.1. The quantitative estimate of drug-likeness (QED) is 0.647. The Morgan fingerprint density at radius 3 is 2.31 bits per heavy atom. The van der Waals surface area contributed by atoms with Gasteiger partial charge in [0.2, 0.25) is 0 Å². The third-order valence-corrected chi connectivity index (χ3v) is 3.97. The van der Waals surface area contributed by atoms with Gasteiger partial charge in [-0.05, 0) is 27.4 Å². The molecule has 0 saturated carbocycles. The van der Waals surface area contributed by atoms with Crippen molar-refractivity contribution in [3.05, 3.63) is 40.9 Å². The molecule has 2 aromatic rings. The maximum atomic E-state index is 11.2. The second-order valence-electron chi connectivity index (χ2n) is 3.07. The van der Waals surface area contributed by atoms with E-state index in [1.54, 1.807) is 30.3 Å². The summed E-state index contributed by atoms with van der Waals surface area (Å²) in [5.41, 5.74) is 0. The average Bonchev–Trinajstić information content (AvgIpc) is 2.15. The SMILES string of the molecule is O=S(=O)(O)c1c(Br)ccc2ccccc12.[K]. The van der Waals surface area contributed by atoms with Crippen LogP contribution in [0.15, 0.2) is 45.8 Å². The van der Waals surface area contributed by atoms with Crippen molar-refractivity contribution in [1.29, 1.82) is 0 Å². The molecule has 0 spiro atoms. The Kier molecular flexibility index (Phi) is 5.16. The molecule has 0 fully saturated rings. The Hall–Kier alpha value is 0.726. The van der Waals surface area contributed by atoms with Gasteiger partial charge in [0.15, 0.2) is 0 Å². The third kappa shape index (κ3) is 2.94. The first-order valence-corrected chi connectivity index (χ1v) is 6.38. The number of fused-ring (bicyclic) bond motifs is 1. The van der Waals surface area contributed by atoms with Gasteiger partial charge < -0.3 is 0 Å². The molecular weight excluding hydrogens is 319 g/mol. The number of rotatable bonds is 1. The van der Waals surface area contributed by atoms with E-state index in [2.05, 4.69) is 15.9 Å². The van der Waals surface area contributed by atoms with Gasteiger partial charge >= 0.3 is 0 Å². The smallest absolute Gasteiger partial charge is 0.282 e. The maximum Gasteiger partial charge on any atom is 0.296 e. The van der Waals surface area contributed by atoms with Crippen molar-refractivity contribution < 1.29 is 13.0 Å². The van der Waals surface area contributed by atoms with Gasteiger partial charge in [-0.15, -0.1) is 0 Å². The summed E-state index contributed by atoms with van der Waals surface area (Å²) in [6, 6.07) is 10.4. The summed E-state index contributed by atoms with van der Waals surface area (Å²) in [5.74, 6) is 0. The van der Waals surface area contributed by atoms with Crippen molar-refractivity contribution in [2.24, 2.45) is 0 Å². The minimum Gasteiger partial charge on any atom is -0.282 e. The van der Waals surface area contributed by atoms with Crippen LogP contribution in [0.25, 0.3) is 10.8 Å². The molecule has 0 aliphatic heterocycles. The molecule has 16 heavy (non-hydrogen) atoms. The van der Waals surface area contributed by atoms with E-state index < -0.39 is 10.1 Å². The van der Waals surface area contributed by atoms with E-state index in [0.29, 0.717) is 9.86 Å². The van der Waals surface area contributed by atoms with Crippen LogP contribution in [0.1, 0.15) is 0 Å². The zero-order valence-corrected chi connectivity index (χ0v) is 14.0. The fourth-order valence-corrected chi connectivity index (χ4v) is 3.22. The summed E-state index contributed by atoms with van der Waals surface area (Å²) in [6.07, 6.45) is 0. The molecule has 0 aromatic heterocycles. The second-order valence-corrected chi connectivity index (χ2v) is 5.29. The molecular formula is C10H7BrKO3S. The van der Waals surface area contributed by atoms with Crippen LogP contribution in [-0.4, -0.2) is 64.4 Å².